The van der Waals surface area contributed by atoms with Crippen molar-refractivity contribution in [3.63, 3.8) is 0 Å². The van der Waals surface area contributed by atoms with Crippen molar-refractivity contribution in [1.82, 2.24) is 10.3 Å². The van der Waals surface area contributed by atoms with Crippen molar-refractivity contribution in [2.24, 2.45) is 0 Å². The van der Waals surface area contributed by atoms with E-state index in [1.165, 1.54) is 10.9 Å². The van der Waals surface area contributed by atoms with E-state index in [1.807, 2.05) is 32.2 Å². The van der Waals surface area contributed by atoms with Gasteiger partial charge < -0.3 is 5.32 Å². The SMILES string of the molecule is Cc1ncc(CN[C@H](C)c2ccccc2F)s1. The second-order valence-electron chi connectivity index (χ2n) is 3.97. The highest BCUT2D eigenvalue weighted by Crippen LogP contribution is 2.18. The molecule has 0 saturated heterocycles. The first-order valence-corrected chi connectivity index (χ1v) is 6.37. The van der Waals surface area contributed by atoms with Gasteiger partial charge in [0.15, 0.2) is 0 Å². The molecule has 0 aliphatic heterocycles. The average Bonchev–Trinajstić information content (AvgIpc) is 2.73. The Morgan fingerprint density at radius 1 is 1.41 bits per heavy atom. The maximum atomic E-state index is 13.5. The third-order valence-corrected chi connectivity index (χ3v) is 3.54. The third-order valence-electron chi connectivity index (χ3n) is 2.62. The van der Waals surface area contributed by atoms with Crippen LogP contribution in [0.5, 0.6) is 0 Å². The van der Waals surface area contributed by atoms with Gasteiger partial charge in [0.2, 0.25) is 0 Å². The zero-order valence-electron chi connectivity index (χ0n) is 9.90. The van der Waals surface area contributed by atoms with Gasteiger partial charge in [-0.1, -0.05) is 18.2 Å². The van der Waals surface area contributed by atoms with Crippen LogP contribution in [0.25, 0.3) is 0 Å². The third kappa shape index (κ3) is 3.11. The first-order chi connectivity index (χ1) is 8.16. The summed E-state index contributed by atoms with van der Waals surface area (Å²) in [6, 6.07) is 6.86. The highest BCUT2D eigenvalue weighted by atomic mass is 32.1. The molecule has 0 saturated carbocycles. The summed E-state index contributed by atoms with van der Waals surface area (Å²) in [4.78, 5) is 5.36. The van der Waals surface area contributed by atoms with Gasteiger partial charge in [0, 0.05) is 29.2 Å². The zero-order chi connectivity index (χ0) is 12.3. The van der Waals surface area contributed by atoms with Gasteiger partial charge in [-0.05, 0) is 19.9 Å². The van der Waals surface area contributed by atoms with E-state index in [1.54, 1.807) is 17.4 Å². The molecule has 1 aromatic carbocycles. The predicted molar refractivity (Wildman–Crippen MR) is 68.5 cm³/mol. The molecule has 90 valence electrons. The van der Waals surface area contributed by atoms with Crippen LogP contribution in [0.3, 0.4) is 0 Å². The minimum absolute atomic E-state index is 0.00129. The smallest absolute Gasteiger partial charge is 0.127 e. The van der Waals surface area contributed by atoms with E-state index in [9.17, 15) is 4.39 Å². The molecule has 17 heavy (non-hydrogen) atoms. The highest BCUT2D eigenvalue weighted by Gasteiger charge is 2.09. The molecule has 2 nitrogen and oxygen atoms in total. The Bertz CT molecular complexity index is 496. The fraction of sp³-hybridized carbons (Fsp3) is 0.308. The van der Waals surface area contributed by atoms with E-state index in [0.29, 0.717) is 5.56 Å². The summed E-state index contributed by atoms with van der Waals surface area (Å²) in [5.74, 6) is -0.159. The van der Waals surface area contributed by atoms with Crippen molar-refractivity contribution in [3.05, 3.63) is 51.7 Å². The lowest BCUT2D eigenvalue weighted by molar-refractivity contribution is 0.530. The summed E-state index contributed by atoms with van der Waals surface area (Å²) in [5.41, 5.74) is 0.703. The Labute approximate surface area is 105 Å². The number of benzene rings is 1. The number of halogens is 1. The topological polar surface area (TPSA) is 24.9 Å². The number of aryl methyl sites for hydroxylation is 1. The number of rotatable bonds is 4. The van der Waals surface area contributed by atoms with Gasteiger partial charge in [-0.3, -0.25) is 0 Å². The molecule has 0 radical (unpaired) electrons. The van der Waals surface area contributed by atoms with Gasteiger partial charge in [-0.2, -0.15) is 0 Å². The molecule has 2 rings (SSSR count). The zero-order valence-corrected chi connectivity index (χ0v) is 10.7. The largest absolute Gasteiger partial charge is 0.305 e. The minimum Gasteiger partial charge on any atom is -0.305 e. The van der Waals surface area contributed by atoms with E-state index in [-0.39, 0.29) is 11.9 Å². The van der Waals surface area contributed by atoms with Gasteiger partial charge >= 0.3 is 0 Å². The van der Waals surface area contributed by atoms with Crippen molar-refractivity contribution in [1.29, 1.82) is 0 Å². The lowest BCUT2D eigenvalue weighted by Crippen LogP contribution is -2.18. The van der Waals surface area contributed by atoms with E-state index in [2.05, 4.69) is 10.3 Å². The van der Waals surface area contributed by atoms with Crippen LogP contribution in [0.2, 0.25) is 0 Å². The molecule has 0 aliphatic rings. The fourth-order valence-electron chi connectivity index (χ4n) is 1.68. The Kier molecular flexibility index (Phi) is 3.86. The Hall–Kier alpha value is -1.26. The van der Waals surface area contributed by atoms with Crippen LogP contribution in [0.4, 0.5) is 4.39 Å². The summed E-state index contributed by atoms with van der Waals surface area (Å²) in [6.07, 6.45) is 1.86. The second-order valence-corrected chi connectivity index (χ2v) is 5.29. The molecule has 0 fully saturated rings. The van der Waals surface area contributed by atoms with Crippen LogP contribution in [0.1, 0.15) is 28.4 Å². The highest BCUT2D eigenvalue weighted by molar-refractivity contribution is 7.11. The van der Waals surface area contributed by atoms with E-state index in [0.717, 1.165) is 11.6 Å². The van der Waals surface area contributed by atoms with Crippen molar-refractivity contribution >= 4 is 11.3 Å². The van der Waals surface area contributed by atoms with Crippen LogP contribution in [-0.4, -0.2) is 4.98 Å². The summed E-state index contributed by atoms with van der Waals surface area (Å²) in [7, 11) is 0. The molecule has 1 atom stereocenters. The summed E-state index contributed by atoms with van der Waals surface area (Å²) >= 11 is 1.66. The number of aromatic nitrogens is 1. The maximum absolute atomic E-state index is 13.5. The van der Waals surface area contributed by atoms with Crippen LogP contribution in [-0.2, 0) is 6.54 Å². The number of nitrogens with one attached hydrogen (secondary N) is 1. The van der Waals surface area contributed by atoms with Crippen molar-refractivity contribution in [2.45, 2.75) is 26.4 Å². The minimum atomic E-state index is -0.159. The molecular formula is C13H15FN2S. The average molecular weight is 250 g/mol. The van der Waals surface area contributed by atoms with E-state index >= 15 is 0 Å². The standard InChI is InChI=1S/C13H15FN2S/c1-9(12-5-3-4-6-13(12)14)15-7-11-8-16-10(2)17-11/h3-6,8-9,15H,7H2,1-2H3/t9-/m1/s1. The summed E-state index contributed by atoms with van der Waals surface area (Å²) < 4.78 is 13.5. The second kappa shape index (κ2) is 5.38. The Morgan fingerprint density at radius 2 is 2.18 bits per heavy atom. The first kappa shape index (κ1) is 12.2. The number of thiazole rings is 1. The molecule has 0 bridgehead atoms. The molecule has 0 unspecified atom stereocenters. The molecule has 4 heteroatoms. The monoisotopic (exact) mass is 250 g/mol. The first-order valence-electron chi connectivity index (χ1n) is 5.56. The van der Waals surface area contributed by atoms with Gasteiger partial charge in [0.05, 0.1) is 5.01 Å². The fourth-order valence-corrected chi connectivity index (χ4v) is 2.42. The van der Waals surface area contributed by atoms with Crippen molar-refractivity contribution in [3.8, 4) is 0 Å². The molecule has 0 spiro atoms. The van der Waals surface area contributed by atoms with Crippen LogP contribution < -0.4 is 5.32 Å². The van der Waals surface area contributed by atoms with Gasteiger partial charge in [0.25, 0.3) is 0 Å². The number of hydrogen-bond donors (Lipinski definition) is 1. The lowest BCUT2D eigenvalue weighted by Gasteiger charge is -2.14. The molecule has 1 N–H and O–H groups in total. The van der Waals surface area contributed by atoms with Gasteiger partial charge in [-0.15, -0.1) is 11.3 Å². The predicted octanol–water partition coefficient (Wildman–Crippen LogP) is 3.44. The lowest BCUT2D eigenvalue weighted by atomic mass is 10.1. The molecule has 1 aromatic heterocycles. The Balaban J connectivity index is 1.98. The molecule has 1 heterocycles. The summed E-state index contributed by atoms with van der Waals surface area (Å²) in [6.45, 7) is 4.67. The Morgan fingerprint density at radius 3 is 2.82 bits per heavy atom. The molecule has 2 aromatic rings. The van der Waals surface area contributed by atoms with Crippen LogP contribution in [0, 0.1) is 12.7 Å². The number of nitrogens with zero attached hydrogens (tertiary/aromatic N) is 1. The van der Waals surface area contributed by atoms with Crippen LogP contribution >= 0.6 is 11.3 Å². The van der Waals surface area contributed by atoms with Gasteiger partial charge in [0.1, 0.15) is 5.82 Å². The molecule has 0 amide bonds. The molecular weight excluding hydrogens is 235 g/mol. The summed E-state index contributed by atoms with van der Waals surface area (Å²) in [5, 5.41) is 4.36. The maximum Gasteiger partial charge on any atom is 0.127 e. The van der Waals surface area contributed by atoms with Gasteiger partial charge in [-0.25, -0.2) is 9.37 Å². The van der Waals surface area contributed by atoms with Crippen molar-refractivity contribution < 1.29 is 4.39 Å². The van der Waals surface area contributed by atoms with E-state index in [4.69, 9.17) is 0 Å². The van der Waals surface area contributed by atoms with Crippen LogP contribution in [0.15, 0.2) is 30.5 Å². The van der Waals surface area contributed by atoms with E-state index < -0.39 is 0 Å². The quantitative estimate of drug-likeness (QED) is 0.899. The number of hydrogen-bond acceptors (Lipinski definition) is 3. The molecule has 0 aliphatic carbocycles. The van der Waals surface area contributed by atoms with Crippen molar-refractivity contribution in [2.75, 3.05) is 0 Å². The normalized spacial score (nSPS) is 12.6.